The normalized spacial score (nSPS) is 13.4. The van der Waals surface area contributed by atoms with Gasteiger partial charge in [0, 0.05) is 6.42 Å². The fourth-order valence-corrected chi connectivity index (χ4v) is 2.37. The molecular weight excluding hydrogens is 384 g/mol. The second-order valence-corrected chi connectivity index (χ2v) is 6.24. The molecule has 0 aliphatic rings. The van der Waals surface area contributed by atoms with Crippen LogP contribution in [0.15, 0.2) is 30.3 Å². The minimum atomic E-state index is -1.53. The van der Waals surface area contributed by atoms with Gasteiger partial charge in [0.15, 0.2) is 0 Å². The van der Waals surface area contributed by atoms with Crippen molar-refractivity contribution in [1.29, 1.82) is 0 Å². The van der Waals surface area contributed by atoms with E-state index in [0.29, 0.717) is 5.56 Å². The molecule has 1 aromatic carbocycles. The van der Waals surface area contributed by atoms with Gasteiger partial charge in [0.1, 0.15) is 18.1 Å². The maximum atomic E-state index is 12.5. The summed E-state index contributed by atoms with van der Waals surface area (Å²) in [5.41, 5.74) is 5.79. The van der Waals surface area contributed by atoms with Crippen molar-refractivity contribution in [3.63, 3.8) is 0 Å². The molecule has 0 bridgehead atoms. The zero-order chi connectivity index (χ0) is 22.0. The van der Waals surface area contributed by atoms with Gasteiger partial charge in [-0.2, -0.15) is 0 Å². The van der Waals surface area contributed by atoms with Crippen LogP contribution in [0, 0.1) is 0 Å². The molecule has 0 heterocycles. The van der Waals surface area contributed by atoms with Crippen LogP contribution in [0.1, 0.15) is 18.9 Å². The predicted octanol–water partition coefficient (Wildman–Crippen LogP) is -1.78. The molecular formula is C18H24N4O7. The minimum Gasteiger partial charge on any atom is -0.481 e. The smallest absolute Gasteiger partial charge is 0.326 e. The lowest BCUT2D eigenvalue weighted by atomic mass is 10.0. The van der Waals surface area contributed by atoms with Gasteiger partial charge in [0.25, 0.3) is 0 Å². The van der Waals surface area contributed by atoms with Crippen LogP contribution < -0.4 is 21.7 Å². The van der Waals surface area contributed by atoms with E-state index in [9.17, 15) is 29.1 Å². The molecule has 11 heteroatoms. The Hall–Kier alpha value is -3.47. The van der Waals surface area contributed by atoms with Crippen LogP contribution in [-0.4, -0.2) is 64.5 Å². The fraction of sp³-hybridized carbons (Fsp3) is 0.389. The van der Waals surface area contributed by atoms with Crippen LogP contribution in [0.3, 0.4) is 0 Å². The molecule has 1 rings (SSSR count). The molecule has 7 N–H and O–H groups in total. The van der Waals surface area contributed by atoms with E-state index < -0.39 is 54.2 Å². The summed E-state index contributed by atoms with van der Waals surface area (Å²) in [7, 11) is 0. The van der Waals surface area contributed by atoms with Crippen molar-refractivity contribution in [1.82, 2.24) is 16.0 Å². The molecule has 1 aromatic rings. The highest BCUT2D eigenvalue weighted by atomic mass is 16.4. The third-order valence-electron chi connectivity index (χ3n) is 3.87. The van der Waals surface area contributed by atoms with Gasteiger partial charge in [0.2, 0.25) is 17.7 Å². The number of hydrogen-bond acceptors (Lipinski definition) is 6. The number of carboxylic acids is 2. The van der Waals surface area contributed by atoms with Crippen LogP contribution in [0.5, 0.6) is 0 Å². The average Bonchev–Trinajstić information content (AvgIpc) is 2.66. The van der Waals surface area contributed by atoms with E-state index in [0.717, 1.165) is 0 Å². The van der Waals surface area contributed by atoms with Gasteiger partial charge >= 0.3 is 11.9 Å². The largest absolute Gasteiger partial charge is 0.481 e. The van der Waals surface area contributed by atoms with Crippen molar-refractivity contribution >= 4 is 29.7 Å². The Morgan fingerprint density at radius 3 is 2.03 bits per heavy atom. The second kappa shape index (κ2) is 11.4. The molecule has 0 spiro atoms. The standard InChI is InChI=1S/C18H24N4O7/c1-10(20-14(23)9-19)16(26)21-12(8-15(24)25)17(27)22-13(18(28)29)7-11-5-3-2-4-6-11/h2-6,10,12-13H,7-9,19H2,1H3,(H,20,23)(H,21,26)(H,22,27)(H,24,25)(H,28,29). The van der Waals surface area contributed by atoms with Gasteiger partial charge in [-0.25, -0.2) is 4.79 Å². The first-order valence-corrected chi connectivity index (χ1v) is 8.72. The van der Waals surface area contributed by atoms with Gasteiger partial charge in [-0.05, 0) is 12.5 Å². The summed E-state index contributed by atoms with van der Waals surface area (Å²) in [6.45, 7) is 0.977. The van der Waals surface area contributed by atoms with E-state index in [1.807, 2.05) is 0 Å². The highest BCUT2D eigenvalue weighted by Crippen LogP contribution is 2.05. The highest BCUT2D eigenvalue weighted by Gasteiger charge is 2.29. The second-order valence-electron chi connectivity index (χ2n) is 6.24. The number of carboxylic acid groups (broad SMARTS) is 2. The average molecular weight is 408 g/mol. The van der Waals surface area contributed by atoms with Gasteiger partial charge in [0.05, 0.1) is 13.0 Å². The van der Waals surface area contributed by atoms with E-state index in [-0.39, 0.29) is 13.0 Å². The van der Waals surface area contributed by atoms with E-state index >= 15 is 0 Å². The third-order valence-corrected chi connectivity index (χ3v) is 3.87. The van der Waals surface area contributed by atoms with E-state index in [2.05, 4.69) is 16.0 Å². The quantitative estimate of drug-likeness (QED) is 0.248. The summed E-state index contributed by atoms with van der Waals surface area (Å²) in [5, 5.41) is 25.1. The van der Waals surface area contributed by atoms with Crippen LogP contribution in [0.4, 0.5) is 0 Å². The zero-order valence-corrected chi connectivity index (χ0v) is 15.8. The molecule has 3 amide bonds. The first-order valence-electron chi connectivity index (χ1n) is 8.72. The fourth-order valence-electron chi connectivity index (χ4n) is 2.37. The lowest BCUT2D eigenvalue weighted by Crippen LogP contribution is -2.56. The number of carbonyl (C=O) groups is 5. The van der Waals surface area contributed by atoms with Crippen molar-refractivity contribution < 1.29 is 34.2 Å². The molecule has 0 saturated heterocycles. The number of aliphatic carboxylic acids is 2. The Kier molecular flexibility index (Phi) is 9.26. The Labute approximate surface area is 166 Å². The number of benzene rings is 1. The molecule has 0 aliphatic carbocycles. The predicted molar refractivity (Wildman–Crippen MR) is 101 cm³/mol. The lowest BCUT2D eigenvalue weighted by Gasteiger charge is -2.22. The van der Waals surface area contributed by atoms with Crippen molar-refractivity contribution in [2.75, 3.05) is 6.54 Å². The summed E-state index contributed by atoms with van der Waals surface area (Å²) < 4.78 is 0. The molecule has 158 valence electrons. The first-order chi connectivity index (χ1) is 13.6. The van der Waals surface area contributed by atoms with E-state index in [1.54, 1.807) is 30.3 Å². The number of nitrogens with one attached hydrogen (secondary N) is 3. The summed E-state index contributed by atoms with van der Waals surface area (Å²) in [6, 6.07) is 4.60. The Morgan fingerprint density at radius 1 is 0.931 bits per heavy atom. The molecule has 0 fully saturated rings. The number of rotatable bonds is 11. The Morgan fingerprint density at radius 2 is 1.52 bits per heavy atom. The topological polar surface area (TPSA) is 188 Å². The number of hydrogen-bond donors (Lipinski definition) is 6. The number of amides is 3. The first kappa shape index (κ1) is 23.6. The molecule has 0 aromatic heterocycles. The summed E-state index contributed by atoms with van der Waals surface area (Å²) in [4.78, 5) is 58.4. The van der Waals surface area contributed by atoms with E-state index in [4.69, 9.17) is 10.8 Å². The summed E-state index contributed by atoms with van der Waals surface area (Å²) in [6.07, 6.45) is -0.800. The van der Waals surface area contributed by atoms with Gasteiger partial charge in [-0.1, -0.05) is 30.3 Å². The van der Waals surface area contributed by atoms with Crippen LogP contribution in [-0.2, 0) is 30.4 Å². The Bertz CT molecular complexity index is 754. The maximum Gasteiger partial charge on any atom is 0.326 e. The van der Waals surface area contributed by atoms with Crippen LogP contribution in [0.25, 0.3) is 0 Å². The molecule has 0 radical (unpaired) electrons. The van der Waals surface area contributed by atoms with Gasteiger partial charge in [-0.3, -0.25) is 19.2 Å². The molecule has 3 atom stereocenters. The molecule has 0 aliphatic heterocycles. The van der Waals surface area contributed by atoms with Crippen molar-refractivity contribution in [3.8, 4) is 0 Å². The Balaban J connectivity index is 2.85. The van der Waals surface area contributed by atoms with Crippen molar-refractivity contribution in [3.05, 3.63) is 35.9 Å². The minimum absolute atomic E-state index is 0.0292. The van der Waals surface area contributed by atoms with E-state index in [1.165, 1.54) is 6.92 Å². The molecule has 0 saturated carbocycles. The third kappa shape index (κ3) is 8.39. The number of carbonyl (C=O) groups excluding carboxylic acids is 3. The maximum absolute atomic E-state index is 12.5. The van der Waals surface area contributed by atoms with Gasteiger partial charge in [-0.15, -0.1) is 0 Å². The summed E-state index contributed by atoms with van der Waals surface area (Å²) in [5.74, 6) is -5.09. The molecule has 11 nitrogen and oxygen atoms in total. The SMILES string of the molecule is CC(NC(=O)CN)C(=O)NC(CC(=O)O)C(=O)NC(Cc1ccccc1)C(=O)O. The van der Waals surface area contributed by atoms with Crippen LogP contribution >= 0.6 is 0 Å². The van der Waals surface area contributed by atoms with Crippen molar-refractivity contribution in [2.24, 2.45) is 5.73 Å². The highest BCUT2D eigenvalue weighted by molar-refractivity contribution is 5.95. The number of nitrogens with two attached hydrogens (primary N) is 1. The lowest BCUT2D eigenvalue weighted by molar-refractivity contribution is -0.143. The monoisotopic (exact) mass is 408 g/mol. The zero-order valence-electron chi connectivity index (χ0n) is 15.8. The van der Waals surface area contributed by atoms with Crippen LogP contribution in [0.2, 0.25) is 0 Å². The molecule has 29 heavy (non-hydrogen) atoms. The van der Waals surface area contributed by atoms with Crippen molar-refractivity contribution in [2.45, 2.75) is 37.9 Å². The summed E-state index contributed by atoms with van der Waals surface area (Å²) >= 11 is 0. The van der Waals surface area contributed by atoms with Gasteiger partial charge < -0.3 is 31.9 Å². The molecule has 3 unspecified atom stereocenters.